The topological polar surface area (TPSA) is 79.3 Å². The number of aryl methyl sites for hydroxylation is 1. The number of likely N-dealkylation sites (N-methyl/N-ethyl adjacent to an activating group) is 1. The molecule has 1 aliphatic heterocycles. The molecule has 0 bridgehead atoms. The third-order valence-corrected chi connectivity index (χ3v) is 7.13. The number of aliphatic hydroxyl groups excluding tert-OH is 1. The van der Waals surface area contributed by atoms with E-state index >= 15 is 0 Å². The van der Waals surface area contributed by atoms with Gasteiger partial charge < -0.3 is 24.4 Å². The molecule has 7 heteroatoms. The van der Waals surface area contributed by atoms with Gasteiger partial charge in [0.1, 0.15) is 29.6 Å². The molecule has 1 N–H and O–H groups in total. The molecule has 1 amide bonds. The molecule has 0 radical (unpaired) electrons. The fourth-order valence-electron chi connectivity index (χ4n) is 4.85. The second-order valence-electron chi connectivity index (χ2n) is 10.6. The standard InChI is InChI=1S/C35H34N2O5/c1-24-12-14-25(15-13-24)23-41-28-18-16-26(17-19-28)33(38)31-32(37(21-20-36(2)3)35(40)34(31)39)27-8-7-11-30(22-27)42-29-9-5-4-6-10-29/h4-19,22,32,38H,20-21,23H2,1-3H3/b33-31-. The summed E-state index contributed by atoms with van der Waals surface area (Å²) in [6.07, 6.45) is 0. The van der Waals surface area contributed by atoms with Gasteiger partial charge in [0.2, 0.25) is 0 Å². The van der Waals surface area contributed by atoms with Gasteiger partial charge >= 0.3 is 0 Å². The maximum Gasteiger partial charge on any atom is 0.295 e. The molecule has 1 saturated heterocycles. The maximum absolute atomic E-state index is 13.4. The summed E-state index contributed by atoms with van der Waals surface area (Å²) in [5.41, 5.74) is 3.36. The highest BCUT2D eigenvalue weighted by Gasteiger charge is 2.46. The summed E-state index contributed by atoms with van der Waals surface area (Å²) in [4.78, 5) is 30.2. The fourth-order valence-corrected chi connectivity index (χ4v) is 4.85. The molecule has 1 atom stereocenters. The fraction of sp³-hybridized carbons (Fsp3) is 0.200. The number of nitrogens with zero attached hydrogens (tertiary/aromatic N) is 2. The van der Waals surface area contributed by atoms with E-state index < -0.39 is 17.7 Å². The van der Waals surface area contributed by atoms with Crippen LogP contribution >= 0.6 is 0 Å². The number of likely N-dealkylation sites (tertiary alicyclic amines) is 1. The lowest BCUT2D eigenvalue weighted by Gasteiger charge is -2.27. The highest BCUT2D eigenvalue weighted by atomic mass is 16.5. The Bertz CT molecular complexity index is 1580. The minimum Gasteiger partial charge on any atom is -0.507 e. The number of rotatable bonds is 10. The summed E-state index contributed by atoms with van der Waals surface area (Å²) >= 11 is 0. The number of para-hydroxylation sites is 1. The Morgan fingerprint density at radius 3 is 2.21 bits per heavy atom. The third-order valence-electron chi connectivity index (χ3n) is 7.13. The van der Waals surface area contributed by atoms with Crippen LogP contribution in [-0.4, -0.2) is 53.8 Å². The van der Waals surface area contributed by atoms with Crippen LogP contribution < -0.4 is 9.47 Å². The summed E-state index contributed by atoms with van der Waals surface area (Å²) in [5.74, 6) is 0.264. The van der Waals surface area contributed by atoms with E-state index in [9.17, 15) is 14.7 Å². The number of ketones is 1. The van der Waals surface area contributed by atoms with Gasteiger partial charge in [0.05, 0.1) is 11.6 Å². The Hall–Kier alpha value is -4.88. The quantitative estimate of drug-likeness (QED) is 0.138. The average molecular weight is 563 g/mol. The summed E-state index contributed by atoms with van der Waals surface area (Å²) in [7, 11) is 3.81. The van der Waals surface area contributed by atoms with Crippen molar-refractivity contribution in [1.29, 1.82) is 0 Å². The predicted molar refractivity (Wildman–Crippen MR) is 162 cm³/mol. The summed E-state index contributed by atoms with van der Waals surface area (Å²) in [5, 5.41) is 11.5. The number of hydrogen-bond donors (Lipinski definition) is 1. The molecule has 4 aromatic rings. The first kappa shape index (κ1) is 28.6. The van der Waals surface area contributed by atoms with Crippen molar-refractivity contribution in [3.63, 3.8) is 0 Å². The van der Waals surface area contributed by atoms with Crippen molar-refractivity contribution in [3.8, 4) is 17.2 Å². The number of Topliss-reactive ketones (excluding diaryl/α,β-unsaturated/α-hetero) is 1. The summed E-state index contributed by atoms with van der Waals surface area (Å²) in [6.45, 7) is 3.31. The highest BCUT2D eigenvalue weighted by molar-refractivity contribution is 6.46. The Balaban J connectivity index is 1.46. The molecule has 4 aromatic carbocycles. The van der Waals surface area contributed by atoms with Crippen LogP contribution in [-0.2, 0) is 16.2 Å². The first-order chi connectivity index (χ1) is 20.3. The largest absolute Gasteiger partial charge is 0.507 e. The molecule has 1 heterocycles. The number of benzene rings is 4. The van der Waals surface area contributed by atoms with Crippen LogP contribution in [0.2, 0.25) is 0 Å². The van der Waals surface area contributed by atoms with Gasteiger partial charge in [0.15, 0.2) is 0 Å². The first-order valence-electron chi connectivity index (χ1n) is 13.8. The summed E-state index contributed by atoms with van der Waals surface area (Å²) < 4.78 is 11.9. The monoisotopic (exact) mass is 562 g/mol. The van der Waals surface area contributed by atoms with Crippen LogP contribution in [0, 0.1) is 6.92 Å². The van der Waals surface area contributed by atoms with Crippen molar-refractivity contribution < 1.29 is 24.2 Å². The lowest BCUT2D eigenvalue weighted by atomic mass is 9.95. The van der Waals surface area contributed by atoms with Crippen LogP contribution in [0.4, 0.5) is 0 Å². The van der Waals surface area contributed by atoms with E-state index in [0.717, 1.165) is 5.56 Å². The molecule has 0 aromatic heterocycles. The minimum atomic E-state index is -0.776. The summed E-state index contributed by atoms with van der Waals surface area (Å²) in [6, 6.07) is 30.9. The van der Waals surface area contributed by atoms with Crippen molar-refractivity contribution in [2.75, 3.05) is 27.2 Å². The Morgan fingerprint density at radius 1 is 0.833 bits per heavy atom. The zero-order valence-electron chi connectivity index (χ0n) is 24.0. The van der Waals surface area contributed by atoms with Crippen molar-refractivity contribution in [1.82, 2.24) is 9.80 Å². The molecule has 1 fully saturated rings. The Kier molecular flexibility index (Phi) is 8.69. The van der Waals surface area contributed by atoms with E-state index in [4.69, 9.17) is 9.47 Å². The number of aliphatic hydroxyl groups is 1. The van der Waals surface area contributed by atoms with E-state index in [1.165, 1.54) is 10.5 Å². The van der Waals surface area contributed by atoms with Gasteiger partial charge in [-0.3, -0.25) is 9.59 Å². The lowest BCUT2D eigenvalue weighted by Crippen LogP contribution is -2.35. The maximum atomic E-state index is 13.4. The number of ether oxygens (including phenoxy) is 2. The van der Waals surface area contributed by atoms with Crippen LogP contribution in [0.3, 0.4) is 0 Å². The van der Waals surface area contributed by atoms with Crippen LogP contribution in [0.15, 0.2) is 109 Å². The first-order valence-corrected chi connectivity index (χ1v) is 13.8. The van der Waals surface area contributed by atoms with Crippen molar-refractivity contribution >= 4 is 17.4 Å². The molecule has 5 rings (SSSR count). The van der Waals surface area contributed by atoms with Crippen molar-refractivity contribution in [2.24, 2.45) is 0 Å². The van der Waals surface area contributed by atoms with Crippen molar-refractivity contribution in [2.45, 2.75) is 19.6 Å². The molecular weight excluding hydrogens is 528 g/mol. The Morgan fingerprint density at radius 2 is 1.52 bits per heavy atom. The SMILES string of the molecule is Cc1ccc(COc2ccc(/C(O)=C3/C(=O)C(=O)N(CCN(C)C)C3c3cccc(Oc4ccccc4)c3)cc2)cc1. The number of carbonyl (C=O) groups excluding carboxylic acids is 2. The van der Waals surface area contributed by atoms with Gasteiger partial charge in [-0.15, -0.1) is 0 Å². The van der Waals surface area contributed by atoms with Crippen LogP contribution in [0.5, 0.6) is 17.2 Å². The smallest absolute Gasteiger partial charge is 0.295 e. The van der Waals surface area contributed by atoms with Gasteiger partial charge in [-0.2, -0.15) is 0 Å². The van der Waals surface area contributed by atoms with E-state index in [1.807, 2.05) is 105 Å². The lowest BCUT2D eigenvalue weighted by molar-refractivity contribution is -0.140. The van der Waals surface area contributed by atoms with E-state index in [0.29, 0.717) is 48.1 Å². The van der Waals surface area contributed by atoms with Crippen LogP contribution in [0.25, 0.3) is 5.76 Å². The minimum absolute atomic E-state index is 0.0453. The second kappa shape index (κ2) is 12.7. The molecule has 1 unspecified atom stereocenters. The Labute approximate surface area is 246 Å². The molecular formula is C35H34N2O5. The molecule has 0 spiro atoms. The number of amides is 1. The van der Waals surface area contributed by atoms with Gasteiger partial charge in [0, 0.05) is 18.7 Å². The highest BCUT2D eigenvalue weighted by Crippen LogP contribution is 2.40. The number of hydrogen-bond acceptors (Lipinski definition) is 6. The van der Waals surface area contributed by atoms with E-state index in [2.05, 4.69) is 0 Å². The average Bonchev–Trinajstić information content (AvgIpc) is 3.25. The van der Waals surface area contributed by atoms with Gasteiger partial charge in [-0.25, -0.2) is 0 Å². The molecule has 42 heavy (non-hydrogen) atoms. The van der Waals surface area contributed by atoms with E-state index in [1.54, 1.807) is 24.3 Å². The van der Waals surface area contributed by atoms with Crippen molar-refractivity contribution in [3.05, 3.63) is 131 Å². The van der Waals surface area contributed by atoms with Gasteiger partial charge in [-0.05, 0) is 80.7 Å². The zero-order chi connectivity index (χ0) is 29.6. The van der Waals surface area contributed by atoms with Gasteiger partial charge in [0.25, 0.3) is 11.7 Å². The molecule has 7 nitrogen and oxygen atoms in total. The number of carbonyl (C=O) groups is 2. The third kappa shape index (κ3) is 6.53. The predicted octanol–water partition coefficient (Wildman–Crippen LogP) is 6.35. The normalized spacial score (nSPS) is 16.2. The van der Waals surface area contributed by atoms with Crippen LogP contribution in [0.1, 0.15) is 28.3 Å². The second-order valence-corrected chi connectivity index (χ2v) is 10.6. The van der Waals surface area contributed by atoms with E-state index in [-0.39, 0.29) is 11.3 Å². The zero-order valence-corrected chi connectivity index (χ0v) is 24.0. The molecule has 1 aliphatic rings. The molecule has 0 aliphatic carbocycles. The van der Waals surface area contributed by atoms with Gasteiger partial charge in [-0.1, -0.05) is 60.2 Å². The molecule has 0 saturated carbocycles. The molecule has 214 valence electrons.